The lowest BCUT2D eigenvalue weighted by molar-refractivity contribution is -0.150. The van der Waals surface area contributed by atoms with Crippen LogP contribution in [0, 0.1) is 35.5 Å². The van der Waals surface area contributed by atoms with Gasteiger partial charge in [-0.1, -0.05) is 85.2 Å². The normalized spacial score (nSPS) is 17.7. The first-order valence-electron chi connectivity index (χ1n) is 28.3. The molecule has 3 rings (SSSR count). The van der Waals surface area contributed by atoms with Crippen molar-refractivity contribution in [2.45, 2.75) is 148 Å². The predicted molar refractivity (Wildman–Crippen MR) is 313 cm³/mol. The molecule has 1 aromatic rings. The van der Waals surface area contributed by atoms with Crippen LogP contribution in [0.15, 0.2) is 41.3 Å². The maximum Gasteiger partial charge on any atom is 0.307 e. The molecule has 23 heteroatoms. The third-order valence-corrected chi connectivity index (χ3v) is 17.8. The average Bonchev–Trinajstić information content (AvgIpc) is 4.19. The molecule has 1 aromatic carbocycles. The molecule has 0 aromatic heterocycles. The van der Waals surface area contributed by atoms with Crippen LogP contribution in [0.4, 0.5) is 0 Å². The van der Waals surface area contributed by atoms with Crippen LogP contribution < -0.4 is 5.32 Å². The minimum absolute atomic E-state index is 0.0842. The minimum Gasteiger partial charge on any atom is -0.481 e. The summed E-state index contributed by atoms with van der Waals surface area (Å²) in [5.74, 6) is -9.57. The van der Waals surface area contributed by atoms with Crippen molar-refractivity contribution in [3.8, 4) is 0 Å². The summed E-state index contributed by atoms with van der Waals surface area (Å²) in [4.78, 5) is 155. The molecule has 10 atom stereocenters. The zero-order chi connectivity index (χ0) is 61.7. The van der Waals surface area contributed by atoms with Gasteiger partial charge in [0.05, 0.1) is 59.2 Å². The Kier molecular flexibility index (Phi) is 29.5. The molecule has 1 fully saturated rings. The van der Waals surface area contributed by atoms with Gasteiger partial charge in [0.1, 0.15) is 5.78 Å². The number of benzene rings is 1. The number of imide groups is 1. The summed E-state index contributed by atoms with van der Waals surface area (Å²) in [5.41, 5.74) is 0.804. The number of nitrogens with one attached hydrogen (secondary N) is 1. The maximum absolute atomic E-state index is 14.9. The number of likely N-dealkylation sites (N-methyl/N-ethyl adjacent to an activating group) is 2. The fourth-order valence-electron chi connectivity index (χ4n) is 11.2. The molecule has 82 heavy (non-hydrogen) atoms. The number of nitrogens with zero attached hydrogens (tertiary/aromatic N) is 5. The third-order valence-electron chi connectivity index (χ3n) is 16.1. The zero-order valence-corrected chi connectivity index (χ0v) is 51.9. The Balaban J connectivity index is 1.76. The van der Waals surface area contributed by atoms with E-state index in [1.807, 2.05) is 58.0 Å². The lowest BCUT2D eigenvalue weighted by Crippen LogP contribution is -2.54. The highest BCUT2D eigenvalue weighted by atomic mass is 32.2. The lowest BCUT2D eigenvalue weighted by atomic mass is 9.83. The Hall–Kier alpha value is -5.65. The Bertz CT molecular complexity index is 2420. The molecular weight excluding hydrogens is 1100 g/mol. The van der Waals surface area contributed by atoms with Crippen LogP contribution in [-0.2, 0) is 68.6 Å². The second kappa shape index (κ2) is 34.2. The number of ether oxygens (including phenoxy) is 2. The maximum atomic E-state index is 14.9. The van der Waals surface area contributed by atoms with Crippen molar-refractivity contribution in [2.75, 3.05) is 73.6 Å². The molecule has 2 aliphatic rings. The fourth-order valence-corrected chi connectivity index (χ4v) is 12.3. The van der Waals surface area contributed by atoms with Crippen LogP contribution in [0.25, 0.3) is 0 Å². The summed E-state index contributed by atoms with van der Waals surface area (Å²) in [6.45, 7) is 12.8. The molecule has 0 aliphatic carbocycles. The molecule has 0 radical (unpaired) electrons. The number of carbonyl (C=O) groups excluding carboxylic acids is 9. The minimum atomic E-state index is -1.16. The highest BCUT2D eigenvalue weighted by Gasteiger charge is 2.44. The highest BCUT2D eigenvalue weighted by Crippen LogP contribution is 2.32. The van der Waals surface area contributed by atoms with Gasteiger partial charge in [-0.15, -0.1) is 11.8 Å². The fraction of sp³-hybridized carbons (Fsp3) is 0.678. The number of methoxy groups -OCH3 is 2. The largest absolute Gasteiger partial charge is 0.481 e. The molecule has 2 aliphatic heterocycles. The molecule has 0 bridgehead atoms. The van der Waals surface area contributed by atoms with Gasteiger partial charge in [0.2, 0.25) is 29.5 Å². The Morgan fingerprint density at radius 3 is 1.99 bits per heavy atom. The molecule has 7 amide bonds. The van der Waals surface area contributed by atoms with E-state index in [4.69, 9.17) is 9.47 Å². The smallest absolute Gasteiger partial charge is 0.307 e. The first kappa shape index (κ1) is 70.6. The van der Waals surface area contributed by atoms with Crippen LogP contribution in [0.1, 0.15) is 112 Å². The van der Waals surface area contributed by atoms with Crippen molar-refractivity contribution < 1.29 is 72.4 Å². The van der Waals surface area contributed by atoms with Gasteiger partial charge in [-0.25, -0.2) is 0 Å². The van der Waals surface area contributed by atoms with E-state index >= 15 is 0 Å². The van der Waals surface area contributed by atoms with Crippen molar-refractivity contribution in [1.29, 1.82) is 0 Å². The third kappa shape index (κ3) is 19.7. The number of hydrogen-bond donors (Lipinski definition) is 3. The van der Waals surface area contributed by atoms with Crippen LogP contribution in [0.2, 0.25) is 0 Å². The van der Waals surface area contributed by atoms with Crippen molar-refractivity contribution >= 4 is 88.4 Å². The first-order valence-corrected chi connectivity index (χ1v) is 30.8. The highest BCUT2D eigenvalue weighted by molar-refractivity contribution is 8.03. The number of carboxylic acid groups (broad SMARTS) is 2. The number of amides is 7. The van der Waals surface area contributed by atoms with Crippen molar-refractivity contribution in [3.05, 3.63) is 46.9 Å². The second-order valence-corrected chi connectivity index (χ2v) is 24.1. The van der Waals surface area contributed by atoms with E-state index in [0.717, 1.165) is 34.0 Å². The number of carbonyl (C=O) groups is 11. The van der Waals surface area contributed by atoms with Gasteiger partial charge in [0.15, 0.2) is 5.78 Å². The zero-order valence-electron chi connectivity index (χ0n) is 50.3. The van der Waals surface area contributed by atoms with E-state index in [1.165, 1.54) is 37.1 Å². The van der Waals surface area contributed by atoms with Crippen LogP contribution >= 0.6 is 23.5 Å². The van der Waals surface area contributed by atoms with E-state index in [0.29, 0.717) is 25.8 Å². The molecule has 2 heterocycles. The van der Waals surface area contributed by atoms with Gasteiger partial charge in [0, 0.05) is 105 Å². The lowest BCUT2D eigenvalue weighted by Gasteiger charge is -2.41. The number of likely N-dealkylation sites (tertiary alicyclic amines) is 1. The van der Waals surface area contributed by atoms with Gasteiger partial charge >= 0.3 is 11.9 Å². The van der Waals surface area contributed by atoms with Crippen molar-refractivity contribution in [1.82, 2.24) is 29.8 Å². The summed E-state index contributed by atoms with van der Waals surface area (Å²) < 4.78 is 12.0. The average molecular weight is 1190 g/mol. The van der Waals surface area contributed by atoms with Gasteiger partial charge in [-0.05, 0) is 55.1 Å². The number of thioether (sulfide) groups is 2. The van der Waals surface area contributed by atoms with E-state index in [1.54, 1.807) is 50.1 Å². The van der Waals surface area contributed by atoms with Gasteiger partial charge in [-0.3, -0.25) is 57.6 Å². The molecule has 21 nitrogen and oxygen atoms in total. The van der Waals surface area contributed by atoms with E-state index < -0.39 is 107 Å². The first-order chi connectivity index (χ1) is 38.7. The van der Waals surface area contributed by atoms with E-state index in [-0.39, 0.29) is 105 Å². The quantitative estimate of drug-likeness (QED) is 0.0734. The van der Waals surface area contributed by atoms with Crippen LogP contribution in [-0.4, -0.2) is 209 Å². The summed E-state index contributed by atoms with van der Waals surface area (Å²) >= 11 is 2.17. The van der Waals surface area contributed by atoms with Crippen LogP contribution in [0.5, 0.6) is 0 Å². The van der Waals surface area contributed by atoms with Gasteiger partial charge in [0.25, 0.3) is 11.8 Å². The van der Waals surface area contributed by atoms with Gasteiger partial charge < -0.3 is 44.6 Å². The Labute approximate surface area is 492 Å². The van der Waals surface area contributed by atoms with E-state index in [2.05, 4.69) is 5.32 Å². The number of carboxylic acids is 2. The SMILES string of the molecule is CC[C@H](C)[C@@H]([C@@H](CC(=O)N1CCC[C@H]1[C@H](OC)[C@@H](C)C(=O)C[C@@H](Cc1ccccc1)C(=O)O)OC)N(C)C(=O)[C@@H](CC(=O)[C@H](C(C)C)N(C)C(=O)CCC(=O)N(CCNC(=O)C(CC(=O)O)SC)CCN1C(=O)C=C(SC)C1=O)C(C)C. The molecule has 1 saturated heterocycles. The van der Waals surface area contributed by atoms with Crippen molar-refractivity contribution in [3.63, 3.8) is 0 Å². The topological polar surface area (TPSA) is 275 Å². The molecule has 0 saturated carbocycles. The molecular formula is C59H90N6O15S2. The Morgan fingerprint density at radius 1 is 0.805 bits per heavy atom. The number of rotatable bonds is 37. The van der Waals surface area contributed by atoms with Crippen molar-refractivity contribution in [2.24, 2.45) is 35.5 Å². The number of ketones is 2. The van der Waals surface area contributed by atoms with Gasteiger partial charge in [-0.2, -0.15) is 11.8 Å². The Morgan fingerprint density at radius 2 is 1.45 bits per heavy atom. The predicted octanol–water partition coefficient (Wildman–Crippen LogP) is 5.07. The van der Waals surface area contributed by atoms with Crippen LogP contribution in [0.3, 0.4) is 0 Å². The monoisotopic (exact) mass is 1190 g/mol. The molecule has 3 N–H and O–H groups in total. The standard InChI is InChI=1S/C59H90N6O15S2/c1-14-37(6)54(45(79-10)32-50(70)64-25-18-21-42(64)55(80-11)38(7)43(66)30-40(59(77)78)29-39-19-16-15-17-20-39)62(9)57(75)41(35(2)3)31-44(67)53(36(4)5)61(8)48(68)22-23-49(69)63(26-24-60-56(74)46(81-12)34-52(72)73)27-28-65-51(71)33-47(82-13)58(65)76/h15-17,19-20,33,35-38,40-42,45-46,53-55H,14,18,21-32,34H2,1-13H3,(H,60,74)(H,72,73)(H,77,78)/t37-,38-,40+,41-,42-,45+,46?,53-,54-,55+/m0/s1. The summed E-state index contributed by atoms with van der Waals surface area (Å²) in [7, 11) is 6.09. The summed E-state index contributed by atoms with van der Waals surface area (Å²) in [6, 6.07) is 7.03. The molecule has 0 spiro atoms. The number of aliphatic carboxylic acids is 2. The molecule has 458 valence electrons. The molecule has 1 unspecified atom stereocenters. The number of Topliss-reactive ketones (excluding diaryl/α,β-unsaturated/α-hetero) is 2. The second-order valence-electron chi connectivity index (χ2n) is 22.2. The summed E-state index contributed by atoms with van der Waals surface area (Å²) in [5, 5.41) is 21.1. The number of hydrogen-bond acceptors (Lipinski definition) is 15. The van der Waals surface area contributed by atoms with E-state index in [9.17, 15) is 63.0 Å². The summed E-state index contributed by atoms with van der Waals surface area (Å²) in [6.07, 6.45) is 3.38.